The number of carbonyl (C=O) groups is 7. The lowest BCUT2D eigenvalue weighted by atomic mass is 10.0. The van der Waals surface area contributed by atoms with Crippen molar-refractivity contribution < 1.29 is 56.2 Å². The number of hydrogen-bond donors (Lipinski definition) is 5. The number of rotatable bonds is 16. The molecule has 1 aromatic heterocycles. The summed E-state index contributed by atoms with van der Waals surface area (Å²) in [5.41, 5.74) is 0.336. The smallest absolute Gasteiger partial charge is 0.342 e. The Labute approximate surface area is 382 Å². The van der Waals surface area contributed by atoms with Gasteiger partial charge in [-0.1, -0.05) is 18.9 Å². The van der Waals surface area contributed by atoms with Crippen molar-refractivity contribution in [3.05, 3.63) is 59.0 Å². The van der Waals surface area contributed by atoms with Crippen molar-refractivity contribution in [2.24, 2.45) is 0 Å². The Morgan fingerprint density at radius 1 is 1.00 bits per heavy atom. The monoisotopic (exact) mass is 933 g/mol. The molecule has 0 bridgehead atoms. The molecule has 1 saturated carbocycles. The van der Waals surface area contributed by atoms with Gasteiger partial charge in [-0.25, -0.2) is 9.37 Å². The summed E-state index contributed by atoms with van der Waals surface area (Å²) in [5.74, 6) is -9.24. The van der Waals surface area contributed by atoms with Crippen molar-refractivity contribution in [2.45, 2.75) is 69.0 Å². The third-order valence-electron chi connectivity index (χ3n) is 12.6. The summed E-state index contributed by atoms with van der Waals surface area (Å²) in [5, 5.41) is 13.5. The molecular formula is C44H50F3N11O9. The summed E-state index contributed by atoms with van der Waals surface area (Å²) < 4.78 is 56.9. The number of alkyl halides is 2. The molecule has 3 aromatic rings. The Hall–Kier alpha value is -6.88. The highest BCUT2D eigenvalue weighted by Crippen LogP contribution is 2.40. The number of likely N-dealkylation sites (tertiary alicyclic amines) is 1. The van der Waals surface area contributed by atoms with E-state index in [0.29, 0.717) is 45.5 Å². The Morgan fingerprint density at radius 2 is 1.79 bits per heavy atom. The van der Waals surface area contributed by atoms with Crippen molar-refractivity contribution in [3.63, 3.8) is 0 Å². The first kappa shape index (κ1) is 46.6. The minimum Gasteiger partial charge on any atom is -0.495 e. The fourth-order valence-corrected chi connectivity index (χ4v) is 9.09. The average molecular weight is 934 g/mol. The maximum absolute atomic E-state index is 15.6. The Bertz CT molecular complexity index is 2490. The van der Waals surface area contributed by atoms with E-state index in [1.54, 1.807) is 12.1 Å². The van der Waals surface area contributed by atoms with Crippen LogP contribution in [-0.2, 0) is 23.9 Å². The number of imide groups is 2. The van der Waals surface area contributed by atoms with Crippen LogP contribution in [0.15, 0.2) is 36.5 Å². The third kappa shape index (κ3) is 9.82. The van der Waals surface area contributed by atoms with Gasteiger partial charge in [0, 0.05) is 63.5 Å². The number of nitrogens with one attached hydrogen (secondary N) is 5. The van der Waals surface area contributed by atoms with E-state index in [2.05, 4.69) is 41.5 Å². The van der Waals surface area contributed by atoms with Gasteiger partial charge in [0.25, 0.3) is 23.6 Å². The van der Waals surface area contributed by atoms with Gasteiger partial charge in [0.1, 0.15) is 23.3 Å². The highest BCUT2D eigenvalue weighted by atomic mass is 19.3. The standard InChI is InChI=1S/C44H50F3N11O9/c1-55-32-20-50-43(54-37(32)57(25-6-3-4-7-25)23-44(46,47)42(55)65)52-30-19-28(45)27(18-33(30)66-2)38(61)51-24-12-14-56(22-24)15-17-67-16-13-48-35(60)21-49-29-9-5-8-26-36(29)41(64)58(40(26)63)31-10-11-34(59)53-39(31)62/h5,8-9,18-20,24-25,31,49H,3-4,6-7,10-17,21-23H2,1-2H3,(H,48,60)(H,51,61)(H,50,52,54)(H,53,59,62). The fraction of sp³-hybridized carbons (Fsp3) is 0.477. The molecule has 0 radical (unpaired) electrons. The zero-order chi connectivity index (χ0) is 47.6. The number of carbonyl (C=O) groups excluding carboxylic acids is 7. The van der Waals surface area contributed by atoms with E-state index in [1.807, 2.05) is 0 Å². The van der Waals surface area contributed by atoms with Crippen LogP contribution in [0.3, 0.4) is 0 Å². The molecule has 0 spiro atoms. The van der Waals surface area contributed by atoms with Crippen LogP contribution in [0.5, 0.6) is 5.75 Å². The molecule has 2 atom stereocenters. The zero-order valence-corrected chi connectivity index (χ0v) is 36.8. The second-order valence-corrected chi connectivity index (χ2v) is 16.9. The lowest BCUT2D eigenvalue weighted by Crippen LogP contribution is -2.54. The number of piperidine rings is 1. The number of fused-ring (bicyclic) bond motifs is 2. The summed E-state index contributed by atoms with van der Waals surface area (Å²) in [7, 11) is 2.59. The zero-order valence-electron chi connectivity index (χ0n) is 36.8. The minimum atomic E-state index is -3.65. The van der Waals surface area contributed by atoms with Crippen LogP contribution in [0.2, 0.25) is 0 Å². The molecule has 5 heterocycles. The molecule has 7 amide bonds. The van der Waals surface area contributed by atoms with E-state index in [9.17, 15) is 33.6 Å². The van der Waals surface area contributed by atoms with Crippen LogP contribution in [-0.4, -0.2) is 152 Å². The molecule has 5 N–H and O–H groups in total. The number of anilines is 5. The van der Waals surface area contributed by atoms with Crippen LogP contribution in [0.25, 0.3) is 0 Å². The highest BCUT2D eigenvalue weighted by Gasteiger charge is 2.49. The quantitative estimate of drug-likeness (QED) is 0.102. The maximum atomic E-state index is 15.6. The minimum absolute atomic E-state index is 0.00420. The van der Waals surface area contributed by atoms with Gasteiger partial charge >= 0.3 is 5.92 Å². The number of amides is 7. The van der Waals surface area contributed by atoms with Crippen LogP contribution in [0.4, 0.5) is 42.0 Å². The predicted octanol–water partition coefficient (Wildman–Crippen LogP) is 2.18. The van der Waals surface area contributed by atoms with Gasteiger partial charge in [0.05, 0.1) is 62.0 Å². The Morgan fingerprint density at radius 3 is 2.55 bits per heavy atom. The van der Waals surface area contributed by atoms with E-state index >= 15 is 13.2 Å². The first-order valence-electron chi connectivity index (χ1n) is 22.0. The molecule has 23 heteroatoms. The molecule has 3 fully saturated rings. The van der Waals surface area contributed by atoms with Crippen molar-refractivity contribution in [2.75, 3.05) is 87.1 Å². The molecule has 4 aliphatic heterocycles. The molecule has 2 aromatic carbocycles. The van der Waals surface area contributed by atoms with Crippen molar-refractivity contribution in [1.82, 2.24) is 35.7 Å². The maximum Gasteiger partial charge on any atom is 0.342 e. The molecule has 8 rings (SSSR count). The molecule has 67 heavy (non-hydrogen) atoms. The summed E-state index contributed by atoms with van der Waals surface area (Å²) in [6.07, 6.45) is 4.93. The molecule has 5 aliphatic rings. The van der Waals surface area contributed by atoms with Crippen molar-refractivity contribution in [3.8, 4) is 5.75 Å². The van der Waals surface area contributed by atoms with Gasteiger partial charge in [0.2, 0.25) is 23.7 Å². The van der Waals surface area contributed by atoms with Crippen LogP contribution in [0.1, 0.15) is 76.0 Å². The number of halogens is 3. The number of ether oxygens (including phenoxy) is 2. The summed E-state index contributed by atoms with van der Waals surface area (Å²) >= 11 is 0. The lowest BCUT2D eigenvalue weighted by molar-refractivity contribution is -0.140. The SMILES string of the molecule is COc1cc(C(=O)NC2CCN(CCOCCNC(=O)CNc3cccc4c3C(=O)N(C3CCC(=O)NC3=O)C4=O)C2)c(F)cc1Nc1ncc2c(n1)N(C1CCCC1)CC(F)(F)C(=O)N2C. The van der Waals surface area contributed by atoms with Gasteiger partial charge in [0.15, 0.2) is 5.82 Å². The van der Waals surface area contributed by atoms with Gasteiger partial charge in [-0.15, -0.1) is 0 Å². The van der Waals surface area contributed by atoms with Gasteiger partial charge in [-0.3, -0.25) is 48.7 Å². The number of hydrogen-bond acceptors (Lipinski definition) is 15. The number of benzene rings is 2. The van der Waals surface area contributed by atoms with Crippen LogP contribution >= 0.6 is 0 Å². The van der Waals surface area contributed by atoms with Crippen molar-refractivity contribution >= 4 is 70.2 Å². The van der Waals surface area contributed by atoms with E-state index in [4.69, 9.17) is 9.47 Å². The first-order chi connectivity index (χ1) is 32.1. The molecule has 2 unspecified atom stereocenters. The number of methoxy groups -OCH3 is 1. The second kappa shape index (κ2) is 19.5. The Kier molecular flexibility index (Phi) is 13.6. The molecular weight excluding hydrogens is 884 g/mol. The third-order valence-corrected chi connectivity index (χ3v) is 12.6. The summed E-state index contributed by atoms with van der Waals surface area (Å²) in [4.78, 5) is 103. The number of aromatic nitrogens is 2. The van der Waals surface area contributed by atoms with Crippen LogP contribution < -0.4 is 41.1 Å². The largest absolute Gasteiger partial charge is 0.495 e. The number of nitrogens with zero attached hydrogens (tertiary/aromatic N) is 6. The van der Waals surface area contributed by atoms with Crippen molar-refractivity contribution in [1.29, 1.82) is 0 Å². The second-order valence-electron chi connectivity index (χ2n) is 16.9. The normalized spacial score (nSPS) is 20.7. The predicted molar refractivity (Wildman–Crippen MR) is 234 cm³/mol. The van der Waals surface area contributed by atoms with Gasteiger partial charge < -0.3 is 40.5 Å². The fourth-order valence-electron chi connectivity index (χ4n) is 9.09. The van der Waals surface area contributed by atoms with E-state index in [-0.39, 0.29) is 95.9 Å². The highest BCUT2D eigenvalue weighted by molar-refractivity contribution is 6.25. The molecule has 1 aliphatic carbocycles. The molecule has 2 saturated heterocycles. The van der Waals surface area contributed by atoms with E-state index in [1.165, 1.54) is 37.4 Å². The van der Waals surface area contributed by atoms with Gasteiger partial charge in [-0.2, -0.15) is 13.8 Å². The average Bonchev–Trinajstić information content (AvgIpc) is 4.05. The topological polar surface area (TPSA) is 237 Å². The van der Waals surface area contributed by atoms with Crippen LogP contribution in [0, 0.1) is 5.82 Å². The van der Waals surface area contributed by atoms with E-state index in [0.717, 1.165) is 28.7 Å². The lowest BCUT2D eigenvalue weighted by Gasteiger charge is -2.31. The summed E-state index contributed by atoms with van der Waals surface area (Å²) in [6, 6.07) is 5.24. The molecule has 20 nitrogen and oxygen atoms in total. The van der Waals surface area contributed by atoms with E-state index < -0.39 is 65.7 Å². The molecule has 356 valence electrons. The Balaban J connectivity index is 0.773. The van der Waals surface area contributed by atoms with Gasteiger partial charge in [-0.05, 0) is 43.9 Å². The first-order valence-corrected chi connectivity index (χ1v) is 22.0. The summed E-state index contributed by atoms with van der Waals surface area (Å²) in [6.45, 7) is 1.34.